The molecule has 6 nitrogen and oxygen atoms in total. The molecule has 0 aliphatic heterocycles. The molecule has 1 aromatic rings. The Morgan fingerprint density at radius 3 is 2.57 bits per heavy atom. The summed E-state index contributed by atoms with van der Waals surface area (Å²) in [5.74, 6) is -0.849. The molecule has 1 rings (SSSR count). The van der Waals surface area contributed by atoms with Crippen molar-refractivity contribution in [2.45, 2.75) is 38.8 Å². The lowest BCUT2D eigenvalue weighted by atomic mass is 10.1. The number of hydrogen-bond donors (Lipinski definition) is 2. The zero-order valence-electron chi connectivity index (χ0n) is 13.8. The van der Waals surface area contributed by atoms with Gasteiger partial charge < -0.3 is 20.1 Å². The van der Waals surface area contributed by atoms with Crippen LogP contribution in [0.4, 0.5) is 9.18 Å². The molecule has 0 spiro atoms. The second-order valence-electron chi connectivity index (χ2n) is 6.01. The molecular formula is C16H23FN2O4. The molecule has 0 saturated carbocycles. The lowest BCUT2D eigenvalue weighted by Gasteiger charge is -2.23. The summed E-state index contributed by atoms with van der Waals surface area (Å²) in [4.78, 5) is 24.0. The Balaban J connectivity index is 2.80. The third-order valence-electron chi connectivity index (χ3n) is 2.73. The van der Waals surface area contributed by atoms with Crippen molar-refractivity contribution in [3.63, 3.8) is 0 Å². The minimum atomic E-state index is -0.901. The molecule has 0 saturated heterocycles. The third kappa shape index (κ3) is 7.60. The maximum Gasteiger partial charge on any atom is 0.408 e. The molecule has 7 heteroatoms. The van der Waals surface area contributed by atoms with Gasteiger partial charge in [0.25, 0.3) is 0 Å². The van der Waals surface area contributed by atoms with E-state index in [1.165, 1.54) is 19.2 Å². The molecule has 1 atom stereocenters. The van der Waals surface area contributed by atoms with Gasteiger partial charge in [-0.3, -0.25) is 4.79 Å². The minimum absolute atomic E-state index is 0.00842. The number of carbonyl (C=O) groups is 2. The van der Waals surface area contributed by atoms with Gasteiger partial charge in [-0.25, -0.2) is 9.18 Å². The summed E-state index contributed by atoms with van der Waals surface area (Å²) in [6, 6.07) is 4.94. The van der Waals surface area contributed by atoms with Crippen molar-refractivity contribution in [2.75, 3.05) is 13.8 Å². The number of benzene rings is 1. The summed E-state index contributed by atoms with van der Waals surface area (Å²) in [5, 5.41) is 5.01. The van der Waals surface area contributed by atoms with Gasteiger partial charge in [-0.1, -0.05) is 12.1 Å². The highest BCUT2D eigenvalue weighted by Gasteiger charge is 2.24. The van der Waals surface area contributed by atoms with Gasteiger partial charge in [0.1, 0.15) is 24.2 Å². The van der Waals surface area contributed by atoms with Crippen LogP contribution in [0.5, 0.6) is 0 Å². The maximum absolute atomic E-state index is 13.3. The monoisotopic (exact) mass is 326 g/mol. The van der Waals surface area contributed by atoms with Gasteiger partial charge in [-0.15, -0.1) is 0 Å². The average molecular weight is 326 g/mol. The van der Waals surface area contributed by atoms with Crippen molar-refractivity contribution in [3.8, 4) is 0 Å². The highest BCUT2D eigenvalue weighted by atomic mass is 19.1. The van der Waals surface area contributed by atoms with E-state index in [-0.39, 0.29) is 13.2 Å². The van der Waals surface area contributed by atoms with E-state index in [2.05, 4.69) is 10.6 Å². The first-order valence-electron chi connectivity index (χ1n) is 7.22. The Morgan fingerprint density at radius 2 is 2.00 bits per heavy atom. The van der Waals surface area contributed by atoms with Gasteiger partial charge in [0.05, 0.1) is 0 Å². The fourth-order valence-corrected chi connectivity index (χ4v) is 1.83. The highest BCUT2D eigenvalue weighted by Crippen LogP contribution is 2.09. The zero-order chi connectivity index (χ0) is 17.5. The number of nitrogens with one attached hydrogen (secondary N) is 2. The Labute approximate surface area is 135 Å². The van der Waals surface area contributed by atoms with Crippen LogP contribution in [0.1, 0.15) is 26.3 Å². The largest absolute Gasteiger partial charge is 0.444 e. The molecule has 0 aromatic heterocycles. The molecule has 2 amide bonds. The minimum Gasteiger partial charge on any atom is -0.444 e. The van der Waals surface area contributed by atoms with E-state index in [4.69, 9.17) is 9.47 Å². The van der Waals surface area contributed by atoms with Crippen molar-refractivity contribution in [3.05, 3.63) is 35.6 Å². The van der Waals surface area contributed by atoms with Crippen molar-refractivity contribution in [1.29, 1.82) is 0 Å². The van der Waals surface area contributed by atoms with Gasteiger partial charge in [0.15, 0.2) is 0 Å². The molecule has 0 aliphatic rings. The van der Waals surface area contributed by atoms with Crippen LogP contribution in [0.25, 0.3) is 0 Å². The molecule has 0 unspecified atom stereocenters. The van der Waals surface area contributed by atoms with Crippen LogP contribution >= 0.6 is 0 Å². The third-order valence-corrected chi connectivity index (χ3v) is 2.73. The van der Waals surface area contributed by atoms with Gasteiger partial charge >= 0.3 is 6.09 Å². The number of carbonyl (C=O) groups excluding carboxylic acids is 2. The van der Waals surface area contributed by atoms with Crippen molar-refractivity contribution in [1.82, 2.24) is 10.6 Å². The van der Waals surface area contributed by atoms with E-state index < -0.39 is 29.5 Å². The Hall–Kier alpha value is -2.15. The topological polar surface area (TPSA) is 76.7 Å². The molecule has 1 aromatic carbocycles. The number of hydrogen-bond acceptors (Lipinski definition) is 4. The van der Waals surface area contributed by atoms with Crippen LogP contribution < -0.4 is 10.6 Å². The van der Waals surface area contributed by atoms with Gasteiger partial charge in [-0.2, -0.15) is 0 Å². The molecule has 0 heterocycles. The fraction of sp³-hybridized carbons (Fsp3) is 0.500. The number of amides is 2. The molecular weight excluding hydrogens is 303 g/mol. The van der Waals surface area contributed by atoms with Crippen LogP contribution in [0, 0.1) is 5.82 Å². The van der Waals surface area contributed by atoms with Crippen LogP contribution in [0.2, 0.25) is 0 Å². The average Bonchev–Trinajstić information content (AvgIpc) is 2.42. The summed E-state index contributed by atoms with van der Waals surface area (Å²) in [5.41, 5.74) is -0.102. The van der Waals surface area contributed by atoms with Crippen LogP contribution in [0.3, 0.4) is 0 Å². The molecule has 0 fully saturated rings. The van der Waals surface area contributed by atoms with E-state index in [0.717, 1.165) is 0 Å². The van der Waals surface area contributed by atoms with E-state index in [9.17, 15) is 14.0 Å². The van der Waals surface area contributed by atoms with E-state index in [1.54, 1.807) is 32.9 Å². The number of halogens is 1. The van der Waals surface area contributed by atoms with Crippen LogP contribution in [-0.4, -0.2) is 37.5 Å². The van der Waals surface area contributed by atoms with Crippen molar-refractivity contribution >= 4 is 12.0 Å². The second kappa shape index (κ2) is 8.47. The van der Waals surface area contributed by atoms with Crippen molar-refractivity contribution < 1.29 is 23.5 Å². The highest BCUT2D eigenvalue weighted by molar-refractivity contribution is 5.85. The summed E-state index contributed by atoms with van der Waals surface area (Å²) < 4.78 is 23.2. The first-order valence-corrected chi connectivity index (χ1v) is 7.22. The summed E-state index contributed by atoms with van der Waals surface area (Å²) in [6.45, 7) is 5.17. The molecule has 2 N–H and O–H groups in total. The van der Waals surface area contributed by atoms with E-state index >= 15 is 0 Å². The number of methoxy groups -OCH3 is 1. The summed E-state index contributed by atoms with van der Waals surface area (Å²) >= 11 is 0. The Kier molecular flexibility index (Phi) is 6.96. The summed E-state index contributed by atoms with van der Waals surface area (Å²) in [7, 11) is 1.43. The molecule has 128 valence electrons. The molecule has 0 radical (unpaired) electrons. The Bertz CT molecular complexity index is 543. The van der Waals surface area contributed by atoms with E-state index in [1.807, 2.05) is 0 Å². The normalized spacial score (nSPS) is 12.4. The van der Waals surface area contributed by atoms with Crippen molar-refractivity contribution in [2.24, 2.45) is 0 Å². The van der Waals surface area contributed by atoms with E-state index in [0.29, 0.717) is 5.56 Å². The molecule has 23 heavy (non-hydrogen) atoms. The second-order valence-corrected chi connectivity index (χ2v) is 6.01. The molecule has 0 aliphatic carbocycles. The quantitative estimate of drug-likeness (QED) is 0.784. The first kappa shape index (κ1) is 18.9. The van der Waals surface area contributed by atoms with Gasteiger partial charge in [0, 0.05) is 13.5 Å². The summed E-state index contributed by atoms with van der Waals surface area (Å²) in [6.07, 6.45) is -0.585. The number of alkyl carbamates (subject to hydrolysis) is 1. The maximum atomic E-state index is 13.3. The predicted octanol–water partition coefficient (Wildman–Crippen LogP) is 1.98. The fourth-order valence-electron chi connectivity index (χ4n) is 1.83. The van der Waals surface area contributed by atoms with Gasteiger partial charge in [0.2, 0.25) is 5.91 Å². The lowest BCUT2D eigenvalue weighted by molar-refractivity contribution is -0.124. The van der Waals surface area contributed by atoms with Crippen LogP contribution in [0.15, 0.2) is 24.3 Å². The SMILES string of the molecule is COCNC(=O)[C@H](Cc1cccc(F)c1)NC(=O)OC(C)(C)C. The standard InChI is InChI=1S/C16H23FN2O4/c1-16(2,3)23-15(21)19-13(14(20)18-10-22-4)9-11-6-5-7-12(17)8-11/h5-8,13H,9-10H2,1-4H3,(H,18,20)(H,19,21)/t13-/m0/s1. The first-order chi connectivity index (χ1) is 10.7. The predicted molar refractivity (Wildman–Crippen MR) is 83.3 cm³/mol. The zero-order valence-corrected chi connectivity index (χ0v) is 13.8. The smallest absolute Gasteiger partial charge is 0.408 e. The Morgan fingerprint density at radius 1 is 1.30 bits per heavy atom. The molecule has 0 bridgehead atoms. The lowest BCUT2D eigenvalue weighted by Crippen LogP contribution is -2.49. The number of ether oxygens (including phenoxy) is 2. The van der Waals surface area contributed by atoms with Crippen LogP contribution in [-0.2, 0) is 20.7 Å². The van der Waals surface area contributed by atoms with Gasteiger partial charge in [-0.05, 0) is 38.5 Å². The number of rotatable bonds is 6.